The van der Waals surface area contributed by atoms with Crippen molar-refractivity contribution in [2.45, 2.75) is 51.2 Å². The quantitative estimate of drug-likeness (QED) is 0.645. The molecule has 5 rings (SSSR count). The fraction of sp³-hybridized carbons (Fsp3) is 0.444. The Labute approximate surface area is 200 Å². The van der Waals surface area contributed by atoms with Gasteiger partial charge in [-0.1, -0.05) is 36.4 Å². The molecule has 0 spiro atoms. The molecule has 2 aromatic rings. The average molecular weight is 461 g/mol. The van der Waals surface area contributed by atoms with Gasteiger partial charge >= 0.3 is 0 Å². The van der Waals surface area contributed by atoms with Gasteiger partial charge in [0.1, 0.15) is 5.66 Å². The fourth-order valence-corrected chi connectivity index (χ4v) is 5.62. The van der Waals surface area contributed by atoms with Crippen molar-refractivity contribution in [2.75, 3.05) is 31.1 Å². The topological polar surface area (TPSA) is 73.0 Å². The van der Waals surface area contributed by atoms with E-state index in [0.29, 0.717) is 37.2 Å². The fourth-order valence-electron chi connectivity index (χ4n) is 5.62. The third-order valence-corrected chi connectivity index (χ3v) is 7.49. The third-order valence-electron chi connectivity index (χ3n) is 7.49. The van der Waals surface area contributed by atoms with Gasteiger partial charge in [-0.25, -0.2) is 0 Å². The predicted octanol–water partition coefficient (Wildman–Crippen LogP) is 2.94. The van der Waals surface area contributed by atoms with Gasteiger partial charge in [0.25, 0.3) is 5.91 Å². The third kappa shape index (κ3) is 4.09. The number of rotatable bonds is 7. The summed E-state index contributed by atoms with van der Waals surface area (Å²) >= 11 is 0. The number of fused-ring (bicyclic) bond motifs is 4. The van der Waals surface area contributed by atoms with E-state index in [1.807, 2.05) is 25.1 Å². The number of hydrogen-bond acceptors (Lipinski definition) is 4. The zero-order chi connectivity index (χ0) is 23.7. The predicted molar refractivity (Wildman–Crippen MR) is 130 cm³/mol. The average Bonchev–Trinajstić information content (AvgIpc) is 3.16. The smallest absolute Gasteiger partial charge is 0.257 e. The van der Waals surface area contributed by atoms with E-state index in [-0.39, 0.29) is 24.1 Å². The summed E-state index contributed by atoms with van der Waals surface area (Å²) in [6.45, 7) is 5.82. The Bertz CT molecular complexity index is 1120. The van der Waals surface area contributed by atoms with Crippen LogP contribution in [0.3, 0.4) is 0 Å². The minimum absolute atomic E-state index is 0.0252. The molecule has 0 radical (unpaired) electrons. The van der Waals surface area contributed by atoms with Gasteiger partial charge in [-0.15, -0.1) is 0 Å². The van der Waals surface area contributed by atoms with Crippen molar-refractivity contribution in [1.82, 2.24) is 15.1 Å². The molecule has 178 valence electrons. The Morgan fingerprint density at radius 2 is 1.76 bits per heavy atom. The lowest BCUT2D eigenvalue weighted by molar-refractivity contribution is -0.121. The van der Waals surface area contributed by atoms with E-state index in [1.165, 1.54) is 11.1 Å². The van der Waals surface area contributed by atoms with Crippen molar-refractivity contribution in [3.63, 3.8) is 0 Å². The van der Waals surface area contributed by atoms with Gasteiger partial charge in [0.15, 0.2) is 0 Å². The van der Waals surface area contributed by atoms with Crippen LogP contribution < -0.4 is 10.2 Å². The molecule has 0 aromatic heterocycles. The molecule has 7 heteroatoms. The Morgan fingerprint density at radius 3 is 2.62 bits per heavy atom. The van der Waals surface area contributed by atoms with Crippen LogP contribution in [-0.2, 0) is 22.6 Å². The first-order valence-corrected chi connectivity index (χ1v) is 12.3. The van der Waals surface area contributed by atoms with Crippen LogP contribution in [0.25, 0.3) is 0 Å². The Kier molecular flexibility index (Phi) is 6.13. The molecule has 1 N–H and O–H groups in total. The summed E-state index contributed by atoms with van der Waals surface area (Å²) in [5.41, 5.74) is 3.34. The number of carbonyl (C=O) groups is 3. The van der Waals surface area contributed by atoms with Crippen LogP contribution in [-0.4, -0.2) is 59.4 Å². The summed E-state index contributed by atoms with van der Waals surface area (Å²) in [5.74, 6) is -0.144. The van der Waals surface area contributed by atoms with Crippen molar-refractivity contribution >= 4 is 23.4 Å². The van der Waals surface area contributed by atoms with Crippen LogP contribution in [0.5, 0.6) is 0 Å². The molecule has 3 aliphatic rings. The van der Waals surface area contributed by atoms with Crippen molar-refractivity contribution in [2.24, 2.45) is 0 Å². The number of carbonyl (C=O) groups excluding carboxylic acids is 3. The summed E-state index contributed by atoms with van der Waals surface area (Å²) < 4.78 is 0. The van der Waals surface area contributed by atoms with Crippen molar-refractivity contribution in [3.05, 3.63) is 65.2 Å². The van der Waals surface area contributed by atoms with Crippen LogP contribution in [0.15, 0.2) is 48.5 Å². The maximum atomic E-state index is 13.3. The highest BCUT2D eigenvalue weighted by atomic mass is 16.2. The van der Waals surface area contributed by atoms with Gasteiger partial charge in [-0.2, -0.15) is 0 Å². The molecule has 0 aliphatic carbocycles. The number of para-hydroxylation sites is 1. The summed E-state index contributed by atoms with van der Waals surface area (Å²) in [4.78, 5) is 44.4. The van der Waals surface area contributed by atoms with Gasteiger partial charge < -0.3 is 10.2 Å². The van der Waals surface area contributed by atoms with Crippen LogP contribution >= 0.6 is 0 Å². The maximum absolute atomic E-state index is 13.3. The minimum atomic E-state index is -0.715. The van der Waals surface area contributed by atoms with Gasteiger partial charge in [-0.05, 0) is 49.4 Å². The molecule has 1 fully saturated rings. The first-order chi connectivity index (χ1) is 16.5. The second-order valence-electron chi connectivity index (χ2n) is 9.67. The van der Waals surface area contributed by atoms with E-state index in [1.54, 1.807) is 15.9 Å². The molecular weight excluding hydrogens is 428 g/mol. The zero-order valence-electron chi connectivity index (χ0n) is 19.8. The number of nitrogens with one attached hydrogen (secondary N) is 1. The maximum Gasteiger partial charge on any atom is 0.257 e. The molecule has 7 nitrogen and oxygen atoms in total. The van der Waals surface area contributed by atoms with Crippen LogP contribution in [0.4, 0.5) is 5.69 Å². The molecule has 2 aromatic carbocycles. The Balaban J connectivity index is 1.12. The van der Waals surface area contributed by atoms with E-state index in [9.17, 15) is 14.4 Å². The van der Waals surface area contributed by atoms with Crippen molar-refractivity contribution in [3.8, 4) is 0 Å². The summed E-state index contributed by atoms with van der Waals surface area (Å²) in [7, 11) is 0. The molecule has 1 atom stereocenters. The molecule has 0 bridgehead atoms. The highest BCUT2D eigenvalue weighted by molar-refractivity contribution is 6.10. The number of hydrogen-bond donors (Lipinski definition) is 1. The lowest BCUT2D eigenvalue weighted by Crippen LogP contribution is -2.62. The largest absolute Gasteiger partial charge is 0.356 e. The van der Waals surface area contributed by atoms with Gasteiger partial charge in [0.2, 0.25) is 11.8 Å². The summed E-state index contributed by atoms with van der Waals surface area (Å²) in [6, 6.07) is 15.9. The van der Waals surface area contributed by atoms with Crippen molar-refractivity contribution in [1.29, 1.82) is 0 Å². The molecule has 1 saturated heterocycles. The molecule has 3 amide bonds. The second-order valence-corrected chi connectivity index (χ2v) is 9.67. The van der Waals surface area contributed by atoms with Crippen LogP contribution in [0, 0.1) is 0 Å². The lowest BCUT2D eigenvalue weighted by atomic mass is 9.98. The normalized spacial score (nSPS) is 21.8. The van der Waals surface area contributed by atoms with Gasteiger partial charge in [-0.3, -0.25) is 24.2 Å². The van der Waals surface area contributed by atoms with E-state index in [2.05, 4.69) is 34.5 Å². The van der Waals surface area contributed by atoms with E-state index in [0.717, 1.165) is 32.5 Å². The molecule has 3 aliphatic heterocycles. The molecule has 3 heterocycles. The first kappa shape index (κ1) is 22.6. The number of benzene rings is 2. The van der Waals surface area contributed by atoms with E-state index < -0.39 is 5.66 Å². The van der Waals surface area contributed by atoms with E-state index >= 15 is 0 Å². The van der Waals surface area contributed by atoms with Crippen LogP contribution in [0.2, 0.25) is 0 Å². The van der Waals surface area contributed by atoms with Gasteiger partial charge in [0, 0.05) is 45.6 Å². The highest BCUT2D eigenvalue weighted by Crippen LogP contribution is 2.43. The zero-order valence-corrected chi connectivity index (χ0v) is 19.8. The molecular formula is C27H32N4O3. The summed E-state index contributed by atoms with van der Waals surface area (Å²) in [6.07, 6.45) is 3.18. The van der Waals surface area contributed by atoms with Crippen LogP contribution in [0.1, 0.15) is 54.1 Å². The second kappa shape index (κ2) is 9.22. The van der Waals surface area contributed by atoms with E-state index in [4.69, 9.17) is 0 Å². The molecule has 34 heavy (non-hydrogen) atoms. The first-order valence-electron chi connectivity index (χ1n) is 12.3. The molecule has 1 unspecified atom stereocenters. The van der Waals surface area contributed by atoms with Crippen molar-refractivity contribution < 1.29 is 14.4 Å². The lowest BCUT2D eigenvalue weighted by Gasteiger charge is -2.48. The number of amides is 3. The number of anilines is 1. The monoisotopic (exact) mass is 460 g/mol. The Hall–Kier alpha value is -3.19. The number of nitrogens with zero attached hydrogens (tertiary/aromatic N) is 3. The SMILES string of the molecule is CC12CCC(=O)N1c1ccccc1C(=O)N2CCC(=O)NCCCN1CCc2ccccc2C1. The standard InChI is InChI=1S/C27H32N4O3/c1-27-14-11-25(33)31(27)23-10-5-4-9-22(23)26(34)30(27)18-13-24(32)28-15-6-16-29-17-12-20-7-2-3-8-21(20)19-29/h2-5,7-10H,6,11-19H2,1H3,(H,28,32). The molecule has 0 saturated carbocycles. The minimum Gasteiger partial charge on any atom is -0.356 e. The van der Waals surface area contributed by atoms with Gasteiger partial charge in [0.05, 0.1) is 11.3 Å². The Morgan fingerprint density at radius 1 is 1.00 bits per heavy atom. The summed E-state index contributed by atoms with van der Waals surface area (Å²) in [5, 5.41) is 3.01. The highest BCUT2D eigenvalue weighted by Gasteiger charge is 2.52.